The van der Waals surface area contributed by atoms with Gasteiger partial charge in [-0.1, -0.05) is 29.8 Å². The Morgan fingerprint density at radius 1 is 1.20 bits per heavy atom. The number of thiazole rings is 1. The molecule has 2 aromatic rings. The molecule has 0 bridgehead atoms. The van der Waals surface area contributed by atoms with Gasteiger partial charge in [-0.25, -0.2) is 4.98 Å². The van der Waals surface area contributed by atoms with Crippen LogP contribution >= 0.6 is 11.3 Å². The first-order valence-electron chi connectivity index (χ1n) is 5.00. The SMILES string of the molecule is Cc1ccc(CCc2cnc(N)s2)cc1. The maximum atomic E-state index is 5.57. The van der Waals surface area contributed by atoms with E-state index in [9.17, 15) is 0 Å². The van der Waals surface area contributed by atoms with Crippen LogP contribution in [0.2, 0.25) is 0 Å². The number of anilines is 1. The van der Waals surface area contributed by atoms with Crippen LogP contribution in [-0.2, 0) is 12.8 Å². The molecule has 1 aromatic heterocycles. The van der Waals surface area contributed by atoms with E-state index in [0.29, 0.717) is 5.13 Å². The van der Waals surface area contributed by atoms with Gasteiger partial charge >= 0.3 is 0 Å². The normalized spacial score (nSPS) is 10.5. The van der Waals surface area contributed by atoms with Gasteiger partial charge in [0.05, 0.1) is 0 Å². The third kappa shape index (κ3) is 2.80. The number of benzene rings is 1. The topological polar surface area (TPSA) is 38.9 Å². The summed E-state index contributed by atoms with van der Waals surface area (Å²) in [6.07, 6.45) is 3.95. The molecule has 0 radical (unpaired) electrons. The fraction of sp³-hybridized carbons (Fsp3) is 0.250. The zero-order valence-corrected chi connectivity index (χ0v) is 9.55. The smallest absolute Gasteiger partial charge is 0.180 e. The second-order valence-corrected chi connectivity index (χ2v) is 4.80. The molecule has 0 aliphatic heterocycles. The van der Waals surface area contributed by atoms with Gasteiger partial charge in [0.2, 0.25) is 0 Å². The third-order valence-corrected chi connectivity index (χ3v) is 3.24. The molecule has 0 saturated carbocycles. The van der Waals surface area contributed by atoms with E-state index in [2.05, 4.69) is 36.2 Å². The summed E-state index contributed by atoms with van der Waals surface area (Å²) in [6.45, 7) is 2.10. The largest absolute Gasteiger partial charge is 0.375 e. The Labute approximate surface area is 93.8 Å². The van der Waals surface area contributed by atoms with E-state index in [-0.39, 0.29) is 0 Å². The average Bonchev–Trinajstić information content (AvgIpc) is 2.64. The van der Waals surface area contributed by atoms with Crippen LogP contribution in [0.25, 0.3) is 0 Å². The molecule has 0 aliphatic carbocycles. The molecular formula is C12H14N2S. The van der Waals surface area contributed by atoms with Crippen LogP contribution in [0, 0.1) is 6.92 Å². The van der Waals surface area contributed by atoms with Crippen LogP contribution in [0.3, 0.4) is 0 Å². The summed E-state index contributed by atoms with van der Waals surface area (Å²) >= 11 is 1.58. The highest BCUT2D eigenvalue weighted by Crippen LogP contribution is 2.16. The Bertz CT molecular complexity index is 431. The van der Waals surface area contributed by atoms with Crippen molar-refractivity contribution < 1.29 is 0 Å². The molecule has 0 aliphatic rings. The summed E-state index contributed by atoms with van der Waals surface area (Å²) in [6, 6.07) is 8.66. The van der Waals surface area contributed by atoms with Crippen LogP contribution < -0.4 is 5.73 Å². The van der Waals surface area contributed by atoms with Gasteiger partial charge in [0.1, 0.15) is 0 Å². The Kier molecular flexibility index (Phi) is 3.02. The molecule has 0 unspecified atom stereocenters. The average molecular weight is 218 g/mol. The van der Waals surface area contributed by atoms with Gasteiger partial charge < -0.3 is 5.73 Å². The molecule has 0 fully saturated rings. The molecule has 1 heterocycles. The van der Waals surface area contributed by atoms with Crippen LogP contribution in [-0.4, -0.2) is 4.98 Å². The van der Waals surface area contributed by atoms with Gasteiger partial charge in [-0.15, -0.1) is 11.3 Å². The van der Waals surface area contributed by atoms with Gasteiger partial charge in [-0.3, -0.25) is 0 Å². The quantitative estimate of drug-likeness (QED) is 0.860. The number of nitrogens with zero attached hydrogens (tertiary/aromatic N) is 1. The Hall–Kier alpha value is -1.35. The predicted molar refractivity (Wildman–Crippen MR) is 65.1 cm³/mol. The van der Waals surface area contributed by atoms with Crippen molar-refractivity contribution in [3.05, 3.63) is 46.5 Å². The molecule has 0 amide bonds. The van der Waals surface area contributed by atoms with E-state index in [1.54, 1.807) is 11.3 Å². The fourth-order valence-corrected chi connectivity index (χ4v) is 2.14. The summed E-state index contributed by atoms with van der Waals surface area (Å²) in [4.78, 5) is 5.30. The number of hydrogen-bond donors (Lipinski definition) is 1. The lowest BCUT2D eigenvalue weighted by Gasteiger charge is -1.99. The van der Waals surface area contributed by atoms with Crippen molar-refractivity contribution in [2.75, 3.05) is 5.73 Å². The van der Waals surface area contributed by atoms with Gasteiger partial charge in [0.25, 0.3) is 0 Å². The van der Waals surface area contributed by atoms with Crippen molar-refractivity contribution in [2.45, 2.75) is 19.8 Å². The molecule has 2 N–H and O–H groups in total. The molecule has 3 heteroatoms. The van der Waals surface area contributed by atoms with E-state index >= 15 is 0 Å². The summed E-state index contributed by atoms with van der Waals surface area (Å²) < 4.78 is 0. The lowest BCUT2D eigenvalue weighted by atomic mass is 10.1. The van der Waals surface area contributed by atoms with E-state index in [1.807, 2.05) is 6.20 Å². The zero-order chi connectivity index (χ0) is 10.7. The Morgan fingerprint density at radius 2 is 1.93 bits per heavy atom. The first-order valence-corrected chi connectivity index (χ1v) is 5.81. The standard InChI is InChI=1S/C12H14N2S/c1-9-2-4-10(5-3-9)6-7-11-8-14-12(13)15-11/h2-5,8H,6-7H2,1H3,(H2,13,14). The molecule has 78 valence electrons. The second kappa shape index (κ2) is 4.45. The van der Waals surface area contributed by atoms with Crippen molar-refractivity contribution in [1.29, 1.82) is 0 Å². The van der Waals surface area contributed by atoms with Gasteiger partial charge in [0, 0.05) is 11.1 Å². The molecule has 1 aromatic carbocycles. The zero-order valence-electron chi connectivity index (χ0n) is 8.73. The molecule has 15 heavy (non-hydrogen) atoms. The van der Waals surface area contributed by atoms with Crippen LogP contribution in [0.15, 0.2) is 30.5 Å². The third-order valence-electron chi connectivity index (χ3n) is 2.35. The lowest BCUT2D eigenvalue weighted by Crippen LogP contribution is -1.88. The number of nitrogens with two attached hydrogens (primary N) is 1. The minimum absolute atomic E-state index is 0.661. The second-order valence-electron chi connectivity index (χ2n) is 3.65. The van der Waals surface area contributed by atoms with E-state index in [4.69, 9.17) is 5.73 Å². The molecule has 0 saturated heterocycles. The minimum Gasteiger partial charge on any atom is -0.375 e. The monoisotopic (exact) mass is 218 g/mol. The molecule has 2 rings (SSSR count). The Morgan fingerprint density at radius 3 is 2.53 bits per heavy atom. The molecule has 2 nitrogen and oxygen atoms in total. The van der Waals surface area contributed by atoms with Gasteiger partial charge in [0.15, 0.2) is 5.13 Å². The maximum absolute atomic E-state index is 5.57. The number of aryl methyl sites for hydroxylation is 3. The number of aromatic nitrogens is 1. The molecule has 0 atom stereocenters. The van der Waals surface area contributed by atoms with Crippen LogP contribution in [0.4, 0.5) is 5.13 Å². The maximum Gasteiger partial charge on any atom is 0.180 e. The lowest BCUT2D eigenvalue weighted by molar-refractivity contribution is 0.975. The number of nitrogen functional groups attached to an aromatic ring is 1. The van der Waals surface area contributed by atoms with E-state index in [0.717, 1.165) is 12.8 Å². The van der Waals surface area contributed by atoms with Crippen LogP contribution in [0.5, 0.6) is 0 Å². The minimum atomic E-state index is 0.661. The fourth-order valence-electron chi connectivity index (χ4n) is 1.46. The van der Waals surface area contributed by atoms with Gasteiger partial charge in [-0.2, -0.15) is 0 Å². The molecule has 0 spiro atoms. The summed E-state index contributed by atoms with van der Waals surface area (Å²) in [5.74, 6) is 0. The van der Waals surface area contributed by atoms with Crippen molar-refractivity contribution in [1.82, 2.24) is 4.98 Å². The van der Waals surface area contributed by atoms with E-state index < -0.39 is 0 Å². The summed E-state index contributed by atoms with van der Waals surface area (Å²) in [7, 11) is 0. The first kappa shape index (κ1) is 10.2. The van der Waals surface area contributed by atoms with E-state index in [1.165, 1.54) is 16.0 Å². The summed E-state index contributed by atoms with van der Waals surface area (Å²) in [5.41, 5.74) is 8.25. The number of hydrogen-bond acceptors (Lipinski definition) is 3. The van der Waals surface area contributed by atoms with Gasteiger partial charge in [-0.05, 0) is 25.3 Å². The molecular weight excluding hydrogens is 204 g/mol. The van der Waals surface area contributed by atoms with Crippen molar-refractivity contribution in [3.8, 4) is 0 Å². The first-order chi connectivity index (χ1) is 7.24. The summed E-state index contributed by atoms with van der Waals surface area (Å²) in [5, 5.41) is 0.661. The van der Waals surface area contributed by atoms with Crippen molar-refractivity contribution in [2.24, 2.45) is 0 Å². The number of rotatable bonds is 3. The highest BCUT2D eigenvalue weighted by atomic mass is 32.1. The van der Waals surface area contributed by atoms with Crippen molar-refractivity contribution >= 4 is 16.5 Å². The highest BCUT2D eigenvalue weighted by Gasteiger charge is 1.99. The highest BCUT2D eigenvalue weighted by molar-refractivity contribution is 7.15. The Balaban J connectivity index is 1.96. The predicted octanol–water partition coefficient (Wildman–Crippen LogP) is 2.82. The van der Waals surface area contributed by atoms with Crippen LogP contribution in [0.1, 0.15) is 16.0 Å². The van der Waals surface area contributed by atoms with Crippen molar-refractivity contribution in [3.63, 3.8) is 0 Å².